The van der Waals surface area contributed by atoms with Crippen molar-refractivity contribution in [3.05, 3.63) is 53.6 Å². The van der Waals surface area contributed by atoms with E-state index in [2.05, 4.69) is 47.8 Å². The molecule has 0 saturated heterocycles. The molecule has 144 valence electrons. The lowest BCUT2D eigenvalue weighted by Gasteiger charge is -2.14. The molecule has 4 nitrogen and oxygen atoms in total. The normalized spacial score (nSPS) is 20.5. The maximum atomic E-state index is 12.1. The summed E-state index contributed by atoms with van der Waals surface area (Å²) in [7, 11) is 0. The van der Waals surface area contributed by atoms with E-state index >= 15 is 0 Å². The monoisotopic (exact) mass is 386 g/mol. The molecule has 0 aromatic heterocycles. The van der Waals surface area contributed by atoms with Gasteiger partial charge in [-0.3, -0.25) is 4.79 Å². The predicted molar refractivity (Wildman–Crippen MR) is 110 cm³/mol. The van der Waals surface area contributed by atoms with Gasteiger partial charge in [0.05, 0.1) is 6.61 Å². The molecule has 1 saturated carbocycles. The largest absolute Gasteiger partial charge is 0.493 e. The zero-order valence-corrected chi connectivity index (χ0v) is 16.3. The van der Waals surface area contributed by atoms with E-state index in [0.717, 1.165) is 43.6 Å². The number of carbonyl (C=O) groups is 1. The van der Waals surface area contributed by atoms with Gasteiger partial charge in [0.2, 0.25) is 5.91 Å². The van der Waals surface area contributed by atoms with Gasteiger partial charge in [-0.2, -0.15) is 0 Å². The van der Waals surface area contributed by atoms with Gasteiger partial charge in [0.15, 0.2) is 0 Å². The van der Waals surface area contributed by atoms with Crippen LogP contribution in [0.3, 0.4) is 0 Å². The maximum Gasteiger partial charge on any atom is 0.220 e. The maximum absolute atomic E-state index is 12.1. The second-order valence-electron chi connectivity index (χ2n) is 7.45. The van der Waals surface area contributed by atoms with Gasteiger partial charge in [-0.15, -0.1) is 12.4 Å². The Labute approximate surface area is 166 Å². The summed E-state index contributed by atoms with van der Waals surface area (Å²) in [5.41, 5.74) is 10.8. The molecule has 0 bridgehead atoms. The van der Waals surface area contributed by atoms with Crippen molar-refractivity contribution < 1.29 is 9.53 Å². The van der Waals surface area contributed by atoms with Crippen molar-refractivity contribution in [3.63, 3.8) is 0 Å². The van der Waals surface area contributed by atoms with Crippen LogP contribution in [0.2, 0.25) is 0 Å². The van der Waals surface area contributed by atoms with Crippen molar-refractivity contribution >= 4 is 18.3 Å². The van der Waals surface area contributed by atoms with E-state index in [0.29, 0.717) is 18.9 Å². The molecule has 0 unspecified atom stereocenters. The molecule has 2 aromatic carbocycles. The SMILES string of the molecule is Cl.N[C@@H]1CCC[C@H]1CC(=O)NCc1ccc(-c2ccc3c(c2)CCO3)cc1. The van der Waals surface area contributed by atoms with E-state index < -0.39 is 0 Å². The van der Waals surface area contributed by atoms with Crippen molar-refractivity contribution in [2.45, 2.75) is 44.7 Å². The minimum atomic E-state index is 0. The number of nitrogens with two attached hydrogens (primary N) is 1. The number of benzene rings is 2. The first-order valence-corrected chi connectivity index (χ1v) is 9.56. The third-order valence-corrected chi connectivity index (χ3v) is 5.63. The lowest BCUT2D eigenvalue weighted by Crippen LogP contribution is -2.31. The van der Waals surface area contributed by atoms with Crippen LogP contribution >= 0.6 is 12.4 Å². The molecule has 1 aliphatic carbocycles. The Kier molecular flexibility index (Phi) is 6.40. The summed E-state index contributed by atoms with van der Waals surface area (Å²) in [5, 5.41) is 3.03. The Balaban J connectivity index is 0.00000210. The topological polar surface area (TPSA) is 64.4 Å². The molecule has 3 N–H and O–H groups in total. The summed E-state index contributed by atoms with van der Waals surface area (Å²) in [4.78, 5) is 12.1. The first kappa shape index (κ1) is 19.7. The van der Waals surface area contributed by atoms with Crippen LogP contribution < -0.4 is 15.8 Å². The van der Waals surface area contributed by atoms with E-state index in [1.807, 2.05) is 0 Å². The molecule has 1 amide bonds. The van der Waals surface area contributed by atoms with Crippen molar-refractivity contribution in [2.75, 3.05) is 6.61 Å². The van der Waals surface area contributed by atoms with Gasteiger partial charge >= 0.3 is 0 Å². The van der Waals surface area contributed by atoms with Gasteiger partial charge < -0.3 is 15.8 Å². The minimum Gasteiger partial charge on any atom is -0.493 e. The third-order valence-electron chi connectivity index (χ3n) is 5.63. The van der Waals surface area contributed by atoms with E-state index in [1.165, 1.54) is 16.7 Å². The highest BCUT2D eigenvalue weighted by Gasteiger charge is 2.25. The first-order valence-electron chi connectivity index (χ1n) is 9.56. The van der Waals surface area contributed by atoms with Crippen LogP contribution in [0.4, 0.5) is 0 Å². The van der Waals surface area contributed by atoms with E-state index in [1.54, 1.807) is 0 Å². The van der Waals surface area contributed by atoms with Crippen molar-refractivity contribution in [1.29, 1.82) is 0 Å². The molecule has 2 aliphatic rings. The molecular formula is C22H27ClN2O2. The van der Waals surface area contributed by atoms with Crippen LogP contribution in [-0.4, -0.2) is 18.6 Å². The van der Waals surface area contributed by atoms with Crippen LogP contribution in [0.5, 0.6) is 5.75 Å². The number of amides is 1. The fourth-order valence-electron chi connectivity index (χ4n) is 4.01. The van der Waals surface area contributed by atoms with Crippen molar-refractivity contribution in [1.82, 2.24) is 5.32 Å². The average molecular weight is 387 g/mol. The summed E-state index contributed by atoms with van der Waals surface area (Å²) in [6.45, 7) is 1.35. The van der Waals surface area contributed by atoms with E-state index in [4.69, 9.17) is 10.5 Å². The summed E-state index contributed by atoms with van der Waals surface area (Å²) >= 11 is 0. The second kappa shape index (κ2) is 8.77. The zero-order chi connectivity index (χ0) is 17.9. The van der Waals surface area contributed by atoms with Gasteiger partial charge in [-0.05, 0) is 53.1 Å². The molecule has 1 fully saturated rings. The molecule has 2 aromatic rings. The van der Waals surface area contributed by atoms with Crippen LogP contribution in [0.25, 0.3) is 11.1 Å². The van der Waals surface area contributed by atoms with Crippen LogP contribution in [-0.2, 0) is 17.8 Å². The molecule has 0 radical (unpaired) electrons. The highest BCUT2D eigenvalue weighted by atomic mass is 35.5. The zero-order valence-electron chi connectivity index (χ0n) is 15.4. The molecule has 0 spiro atoms. The summed E-state index contributed by atoms with van der Waals surface area (Å²) < 4.78 is 5.57. The lowest BCUT2D eigenvalue weighted by atomic mass is 9.99. The Hall–Kier alpha value is -2.04. The quantitative estimate of drug-likeness (QED) is 0.820. The van der Waals surface area contributed by atoms with E-state index in [9.17, 15) is 4.79 Å². The summed E-state index contributed by atoms with van der Waals surface area (Å²) in [6.07, 6.45) is 4.81. The number of nitrogens with one attached hydrogen (secondary N) is 1. The molecule has 5 heteroatoms. The molecule has 1 heterocycles. The van der Waals surface area contributed by atoms with Crippen molar-refractivity contribution in [3.8, 4) is 16.9 Å². The summed E-state index contributed by atoms with van der Waals surface area (Å²) in [6, 6.07) is 15.0. The van der Waals surface area contributed by atoms with E-state index in [-0.39, 0.29) is 24.4 Å². The summed E-state index contributed by atoms with van der Waals surface area (Å²) in [5.74, 6) is 1.46. The van der Waals surface area contributed by atoms with Gasteiger partial charge in [0.1, 0.15) is 5.75 Å². The number of carbonyl (C=O) groups excluding carboxylic acids is 1. The van der Waals surface area contributed by atoms with Gasteiger partial charge in [-0.25, -0.2) is 0 Å². The third kappa shape index (κ3) is 4.63. The molecule has 2 atom stereocenters. The highest BCUT2D eigenvalue weighted by molar-refractivity contribution is 5.85. The highest BCUT2D eigenvalue weighted by Crippen LogP contribution is 2.30. The number of halogens is 1. The molecule has 27 heavy (non-hydrogen) atoms. The Morgan fingerprint density at radius 1 is 1.11 bits per heavy atom. The number of hydrogen-bond acceptors (Lipinski definition) is 3. The standard InChI is InChI=1S/C22H26N2O2.ClH/c23-20-3-1-2-18(20)13-22(25)24-14-15-4-6-16(7-5-15)17-8-9-21-19(12-17)10-11-26-21;/h4-9,12,18,20H,1-3,10-11,13-14,23H2,(H,24,25);1H/t18-,20+;/m0./s1. The van der Waals surface area contributed by atoms with Gasteiger partial charge in [-0.1, -0.05) is 36.8 Å². The smallest absolute Gasteiger partial charge is 0.220 e. The average Bonchev–Trinajstić information content (AvgIpc) is 3.29. The van der Waals surface area contributed by atoms with Crippen LogP contribution in [0, 0.1) is 5.92 Å². The number of rotatable bonds is 5. The minimum absolute atomic E-state index is 0. The van der Waals surface area contributed by atoms with Crippen LogP contribution in [0.1, 0.15) is 36.8 Å². The fraction of sp³-hybridized carbons (Fsp3) is 0.409. The van der Waals surface area contributed by atoms with Gasteiger partial charge in [0, 0.05) is 25.4 Å². The number of hydrogen-bond donors (Lipinski definition) is 2. The Morgan fingerprint density at radius 3 is 2.63 bits per heavy atom. The molecular weight excluding hydrogens is 360 g/mol. The fourth-order valence-corrected chi connectivity index (χ4v) is 4.01. The van der Waals surface area contributed by atoms with Crippen molar-refractivity contribution in [2.24, 2.45) is 11.7 Å². The first-order chi connectivity index (χ1) is 12.7. The Morgan fingerprint density at radius 2 is 1.89 bits per heavy atom. The number of ether oxygens (including phenoxy) is 1. The molecule has 4 rings (SSSR count). The van der Waals surface area contributed by atoms with Gasteiger partial charge in [0.25, 0.3) is 0 Å². The second-order valence-corrected chi connectivity index (χ2v) is 7.45. The number of fused-ring (bicyclic) bond motifs is 1. The molecule has 1 aliphatic heterocycles. The predicted octanol–water partition coefficient (Wildman–Crippen LogP) is 3.84. The lowest BCUT2D eigenvalue weighted by molar-refractivity contribution is -0.122. The Bertz CT molecular complexity index is 791. The van der Waals surface area contributed by atoms with Crippen LogP contribution in [0.15, 0.2) is 42.5 Å².